The van der Waals surface area contributed by atoms with Crippen molar-refractivity contribution in [3.63, 3.8) is 0 Å². The van der Waals surface area contributed by atoms with Crippen LogP contribution < -0.4 is 0 Å². The third-order valence-electron chi connectivity index (χ3n) is 7.45. The van der Waals surface area contributed by atoms with E-state index in [0.29, 0.717) is 12.1 Å². The number of carbonyl (C=O) groups excluding carboxylic acids is 3. The van der Waals surface area contributed by atoms with Crippen LogP contribution in [0.15, 0.2) is 36.4 Å². The van der Waals surface area contributed by atoms with E-state index < -0.39 is 0 Å². The van der Waals surface area contributed by atoms with E-state index in [-0.39, 0.29) is 41.5 Å². The second-order valence-electron chi connectivity index (χ2n) is 9.13. The van der Waals surface area contributed by atoms with Gasteiger partial charge in [-0.1, -0.05) is 24.3 Å². The van der Waals surface area contributed by atoms with Gasteiger partial charge in [0, 0.05) is 45.8 Å². The van der Waals surface area contributed by atoms with E-state index in [2.05, 4.69) is 22.0 Å². The van der Waals surface area contributed by atoms with Crippen molar-refractivity contribution < 1.29 is 19.1 Å². The third kappa shape index (κ3) is 3.70. The number of esters is 1. The van der Waals surface area contributed by atoms with Crippen LogP contribution in [0.1, 0.15) is 22.3 Å². The number of rotatable bonds is 6. The quantitative estimate of drug-likeness (QED) is 0.391. The van der Waals surface area contributed by atoms with E-state index in [0.717, 1.165) is 45.7 Å². The van der Waals surface area contributed by atoms with E-state index in [1.807, 2.05) is 12.1 Å². The van der Waals surface area contributed by atoms with Crippen LogP contribution in [-0.2, 0) is 20.9 Å². The van der Waals surface area contributed by atoms with Gasteiger partial charge in [0.25, 0.3) is 0 Å². The zero-order valence-corrected chi connectivity index (χ0v) is 17.9. The van der Waals surface area contributed by atoms with Gasteiger partial charge in [0.15, 0.2) is 0 Å². The molecule has 0 radical (unpaired) electrons. The lowest BCUT2D eigenvalue weighted by Crippen LogP contribution is -2.48. The van der Waals surface area contributed by atoms with Crippen LogP contribution >= 0.6 is 0 Å². The highest BCUT2D eigenvalue weighted by atomic mass is 16.5. The number of hydrogen-bond donors (Lipinski definition) is 0. The van der Waals surface area contributed by atoms with Crippen molar-refractivity contribution in [3.05, 3.63) is 47.5 Å². The third-order valence-corrected chi connectivity index (χ3v) is 7.45. The Morgan fingerprint density at radius 1 is 0.903 bits per heavy atom. The maximum Gasteiger partial charge on any atom is 0.337 e. The molecule has 1 saturated carbocycles. The molecule has 1 aromatic carbocycles. The highest BCUT2D eigenvalue weighted by molar-refractivity contribution is 6.06. The lowest BCUT2D eigenvalue weighted by atomic mass is 9.85. The van der Waals surface area contributed by atoms with Gasteiger partial charge in [0.2, 0.25) is 11.8 Å². The van der Waals surface area contributed by atoms with E-state index in [1.165, 1.54) is 17.6 Å². The highest BCUT2D eigenvalue weighted by Gasteiger charge is 2.59. The summed E-state index contributed by atoms with van der Waals surface area (Å²) in [4.78, 5) is 43.5. The van der Waals surface area contributed by atoms with Crippen molar-refractivity contribution in [3.8, 4) is 0 Å². The van der Waals surface area contributed by atoms with Gasteiger partial charge in [0.05, 0.1) is 24.5 Å². The minimum atomic E-state index is -0.317. The van der Waals surface area contributed by atoms with E-state index in [4.69, 9.17) is 4.74 Å². The molecular weight excluding hydrogens is 394 g/mol. The van der Waals surface area contributed by atoms with Crippen molar-refractivity contribution in [1.82, 2.24) is 14.7 Å². The predicted molar refractivity (Wildman–Crippen MR) is 114 cm³/mol. The summed E-state index contributed by atoms with van der Waals surface area (Å²) in [5.74, 6) is 0.169. The summed E-state index contributed by atoms with van der Waals surface area (Å²) in [6, 6.07) is 7.56. The predicted octanol–water partition coefficient (Wildman–Crippen LogP) is 1.40. The van der Waals surface area contributed by atoms with Crippen LogP contribution in [0.3, 0.4) is 0 Å². The van der Waals surface area contributed by atoms with Crippen LogP contribution in [-0.4, -0.2) is 78.9 Å². The molecule has 2 aliphatic heterocycles. The molecule has 2 saturated heterocycles. The SMILES string of the molecule is COC(=O)c1ccc(CN2CCN(CCN3C(=O)[C@H]4[C@H](C3=O)[C@H]3C=C[C@@H]4C3)CC2)cc1. The van der Waals surface area contributed by atoms with Gasteiger partial charge in [-0.3, -0.25) is 24.3 Å². The van der Waals surface area contributed by atoms with Gasteiger partial charge >= 0.3 is 5.97 Å². The first-order chi connectivity index (χ1) is 15.0. The van der Waals surface area contributed by atoms with Crippen LogP contribution in [0.25, 0.3) is 0 Å². The topological polar surface area (TPSA) is 70.2 Å². The highest BCUT2D eigenvalue weighted by Crippen LogP contribution is 2.52. The Morgan fingerprint density at radius 2 is 1.48 bits per heavy atom. The first-order valence-electron chi connectivity index (χ1n) is 11.2. The van der Waals surface area contributed by atoms with E-state index in [1.54, 1.807) is 12.1 Å². The summed E-state index contributed by atoms with van der Waals surface area (Å²) in [6.07, 6.45) is 5.26. The maximum atomic E-state index is 12.8. The fraction of sp³-hybridized carbons (Fsp3) is 0.542. The molecule has 31 heavy (non-hydrogen) atoms. The monoisotopic (exact) mass is 423 g/mol. The average molecular weight is 424 g/mol. The minimum Gasteiger partial charge on any atom is -0.465 e. The number of piperazine rings is 1. The fourth-order valence-corrected chi connectivity index (χ4v) is 5.72. The smallest absolute Gasteiger partial charge is 0.337 e. The first kappa shape index (κ1) is 20.4. The number of fused-ring (bicyclic) bond motifs is 5. The van der Waals surface area contributed by atoms with E-state index >= 15 is 0 Å². The summed E-state index contributed by atoms with van der Waals surface area (Å²) in [5.41, 5.74) is 1.74. The Hall–Kier alpha value is -2.51. The van der Waals surface area contributed by atoms with E-state index in [9.17, 15) is 14.4 Å². The number of benzene rings is 1. The average Bonchev–Trinajstić information content (AvgIpc) is 3.48. The second-order valence-corrected chi connectivity index (χ2v) is 9.13. The fourth-order valence-electron chi connectivity index (χ4n) is 5.72. The molecule has 2 aliphatic carbocycles. The summed E-state index contributed by atoms with van der Waals surface area (Å²) >= 11 is 0. The molecule has 164 valence electrons. The Balaban J connectivity index is 1.08. The molecule has 0 unspecified atom stereocenters. The number of methoxy groups -OCH3 is 1. The summed E-state index contributed by atoms with van der Waals surface area (Å²) in [6.45, 7) is 5.85. The number of amides is 2. The summed E-state index contributed by atoms with van der Waals surface area (Å²) in [7, 11) is 1.39. The number of likely N-dealkylation sites (tertiary alicyclic amines) is 1. The normalized spacial score (nSPS) is 30.3. The Morgan fingerprint density at radius 3 is 2.06 bits per heavy atom. The number of hydrogen-bond acceptors (Lipinski definition) is 6. The Labute approximate surface area is 182 Å². The zero-order valence-electron chi connectivity index (χ0n) is 17.9. The largest absolute Gasteiger partial charge is 0.465 e. The number of carbonyl (C=O) groups is 3. The van der Waals surface area contributed by atoms with Crippen molar-refractivity contribution in [1.29, 1.82) is 0 Å². The first-order valence-corrected chi connectivity index (χ1v) is 11.2. The van der Waals surface area contributed by atoms with Crippen LogP contribution in [0.2, 0.25) is 0 Å². The van der Waals surface area contributed by atoms with Gasteiger partial charge in [-0.15, -0.1) is 0 Å². The molecule has 2 heterocycles. The second kappa shape index (κ2) is 8.20. The van der Waals surface area contributed by atoms with Crippen molar-refractivity contribution >= 4 is 17.8 Å². The standard InChI is InChI=1S/C24H29N3O4/c1-31-24(30)17-4-2-16(3-5-17)15-26-10-8-25(9-11-26)12-13-27-22(28)20-18-6-7-19(14-18)21(20)23(27)29/h2-7,18-21H,8-15H2,1H3/t18-,19+,20-,21-/m1/s1. The van der Waals surface area contributed by atoms with Crippen LogP contribution in [0.5, 0.6) is 0 Å². The molecule has 0 spiro atoms. The number of imide groups is 1. The molecule has 4 aliphatic rings. The lowest BCUT2D eigenvalue weighted by Gasteiger charge is -2.35. The number of allylic oxidation sites excluding steroid dienone is 2. The minimum absolute atomic E-state index is 0.0564. The molecule has 2 amide bonds. The molecule has 7 heteroatoms. The van der Waals surface area contributed by atoms with Gasteiger partial charge in [-0.25, -0.2) is 4.79 Å². The summed E-state index contributed by atoms with van der Waals surface area (Å²) < 4.78 is 4.74. The van der Waals surface area contributed by atoms with Crippen LogP contribution in [0, 0.1) is 23.7 Å². The van der Waals surface area contributed by atoms with Gasteiger partial charge in [-0.2, -0.15) is 0 Å². The maximum absolute atomic E-state index is 12.8. The molecule has 3 fully saturated rings. The molecule has 4 atom stereocenters. The molecule has 7 nitrogen and oxygen atoms in total. The Bertz CT molecular complexity index is 874. The van der Waals surface area contributed by atoms with Gasteiger partial charge in [-0.05, 0) is 36.0 Å². The molecule has 0 N–H and O–H groups in total. The van der Waals surface area contributed by atoms with Crippen molar-refractivity contribution in [2.75, 3.05) is 46.4 Å². The number of nitrogens with zero attached hydrogens (tertiary/aromatic N) is 3. The van der Waals surface area contributed by atoms with Crippen molar-refractivity contribution in [2.24, 2.45) is 23.7 Å². The zero-order chi connectivity index (χ0) is 21.5. The van der Waals surface area contributed by atoms with Gasteiger partial charge < -0.3 is 4.74 Å². The summed E-state index contributed by atoms with van der Waals surface area (Å²) in [5, 5.41) is 0. The lowest BCUT2D eigenvalue weighted by molar-refractivity contribution is -0.141. The van der Waals surface area contributed by atoms with Crippen LogP contribution in [0.4, 0.5) is 0 Å². The molecule has 2 bridgehead atoms. The molecule has 5 rings (SSSR count). The molecule has 0 aromatic heterocycles. The molecule has 1 aromatic rings. The van der Waals surface area contributed by atoms with Gasteiger partial charge in [0.1, 0.15) is 0 Å². The molecular formula is C24H29N3O4. The Kier molecular flexibility index (Phi) is 5.40. The number of ether oxygens (including phenoxy) is 1. The van der Waals surface area contributed by atoms with Crippen molar-refractivity contribution in [2.45, 2.75) is 13.0 Å².